The Bertz CT molecular complexity index is 851. The second kappa shape index (κ2) is 9.75. The zero-order valence-electron chi connectivity index (χ0n) is 16.7. The lowest BCUT2D eigenvalue weighted by molar-refractivity contribution is -0.137. The summed E-state index contributed by atoms with van der Waals surface area (Å²) in [7, 11) is 0. The molecule has 1 saturated heterocycles. The normalized spacial score (nSPS) is 14.5. The summed E-state index contributed by atoms with van der Waals surface area (Å²) in [6.07, 6.45) is -1.39. The van der Waals surface area contributed by atoms with Gasteiger partial charge in [-0.3, -0.25) is 9.69 Å². The van der Waals surface area contributed by atoms with Crippen LogP contribution in [-0.4, -0.2) is 47.0 Å². The highest BCUT2D eigenvalue weighted by molar-refractivity contribution is 5.72. The van der Waals surface area contributed by atoms with Crippen LogP contribution in [0.15, 0.2) is 30.5 Å². The van der Waals surface area contributed by atoms with Crippen LogP contribution in [0.1, 0.15) is 30.9 Å². The third kappa shape index (κ3) is 6.31. The molecule has 0 atom stereocenters. The lowest BCUT2D eigenvalue weighted by Crippen LogP contribution is -2.27. The molecule has 1 aliphatic heterocycles. The second-order valence-electron chi connectivity index (χ2n) is 7.17. The minimum atomic E-state index is -4.59. The number of amides is 1. The quantitative estimate of drug-likeness (QED) is 0.566. The largest absolute Gasteiger partial charge is 0.421 e. The molecule has 1 fully saturated rings. The molecule has 0 spiro atoms. The molecule has 0 unspecified atom stereocenters. The number of anilines is 3. The lowest BCUT2D eigenvalue weighted by atomic mass is 10.2. The second-order valence-corrected chi connectivity index (χ2v) is 7.17. The Morgan fingerprint density at radius 1 is 1.13 bits per heavy atom. The van der Waals surface area contributed by atoms with Crippen LogP contribution in [0.5, 0.6) is 0 Å². The highest BCUT2D eigenvalue weighted by Gasteiger charge is 2.35. The molecule has 2 heterocycles. The molecular formula is C20H25F3N6O. The highest BCUT2D eigenvalue weighted by atomic mass is 19.4. The summed E-state index contributed by atoms with van der Waals surface area (Å²) in [5.74, 6) is -0.542. The van der Waals surface area contributed by atoms with Crippen LogP contribution < -0.4 is 16.0 Å². The minimum absolute atomic E-state index is 0.0531. The first-order chi connectivity index (χ1) is 14.3. The van der Waals surface area contributed by atoms with Gasteiger partial charge in [0.1, 0.15) is 11.4 Å². The van der Waals surface area contributed by atoms with Gasteiger partial charge in [-0.05, 0) is 43.6 Å². The van der Waals surface area contributed by atoms with Gasteiger partial charge in [-0.25, -0.2) is 4.98 Å². The van der Waals surface area contributed by atoms with Crippen LogP contribution in [0, 0.1) is 0 Å². The van der Waals surface area contributed by atoms with Crippen molar-refractivity contribution in [2.24, 2.45) is 0 Å². The molecule has 1 aromatic heterocycles. The molecule has 0 radical (unpaired) electrons. The van der Waals surface area contributed by atoms with Crippen molar-refractivity contribution in [2.75, 3.05) is 36.8 Å². The fourth-order valence-electron chi connectivity index (χ4n) is 3.23. The Morgan fingerprint density at radius 3 is 2.47 bits per heavy atom. The maximum atomic E-state index is 13.2. The van der Waals surface area contributed by atoms with Gasteiger partial charge < -0.3 is 16.0 Å². The summed E-state index contributed by atoms with van der Waals surface area (Å²) in [6.45, 7) is 4.72. The fraction of sp³-hybridized carbons (Fsp3) is 0.450. The first-order valence-electron chi connectivity index (χ1n) is 9.82. The third-order valence-electron chi connectivity index (χ3n) is 4.70. The van der Waals surface area contributed by atoms with Crippen molar-refractivity contribution in [1.82, 2.24) is 20.2 Å². The molecule has 0 aliphatic carbocycles. The average Bonchev–Trinajstić information content (AvgIpc) is 3.19. The van der Waals surface area contributed by atoms with E-state index in [1.807, 2.05) is 24.3 Å². The number of hydrogen-bond acceptors (Lipinski definition) is 6. The summed E-state index contributed by atoms with van der Waals surface area (Å²) in [5.41, 5.74) is 0.900. The lowest BCUT2D eigenvalue weighted by Gasteiger charge is -2.16. The van der Waals surface area contributed by atoms with Crippen LogP contribution in [0.4, 0.5) is 30.6 Å². The fourth-order valence-corrected chi connectivity index (χ4v) is 3.23. The minimum Gasteiger partial charge on any atom is -0.368 e. The smallest absolute Gasteiger partial charge is 0.368 e. The number of nitrogens with zero attached hydrogens (tertiary/aromatic N) is 3. The van der Waals surface area contributed by atoms with E-state index in [0.29, 0.717) is 5.69 Å². The topological polar surface area (TPSA) is 82.2 Å². The Balaban J connectivity index is 1.67. The average molecular weight is 422 g/mol. The van der Waals surface area contributed by atoms with Crippen LogP contribution in [0.3, 0.4) is 0 Å². The summed E-state index contributed by atoms with van der Waals surface area (Å²) >= 11 is 0. The third-order valence-corrected chi connectivity index (χ3v) is 4.70. The molecule has 2 aromatic rings. The maximum Gasteiger partial charge on any atom is 0.421 e. The van der Waals surface area contributed by atoms with E-state index in [1.54, 1.807) is 0 Å². The number of benzene rings is 1. The van der Waals surface area contributed by atoms with E-state index in [1.165, 1.54) is 25.3 Å². The number of hydrogen-bond donors (Lipinski definition) is 3. The highest BCUT2D eigenvalue weighted by Crippen LogP contribution is 2.34. The van der Waals surface area contributed by atoms with E-state index < -0.39 is 11.7 Å². The zero-order chi connectivity index (χ0) is 21.6. The van der Waals surface area contributed by atoms with Crippen molar-refractivity contribution in [2.45, 2.75) is 32.5 Å². The Kier molecular flexibility index (Phi) is 7.09. The van der Waals surface area contributed by atoms with E-state index in [9.17, 15) is 18.0 Å². The number of alkyl halides is 3. The van der Waals surface area contributed by atoms with Crippen LogP contribution >= 0.6 is 0 Å². The van der Waals surface area contributed by atoms with Crippen LogP contribution in [-0.2, 0) is 17.5 Å². The molecule has 0 saturated carbocycles. The number of carbonyl (C=O) groups is 1. The first-order valence-corrected chi connectivity index (χ1v) is 9.82. The van der Waals surface area contributed by atoms with E-state index in [2.05, 4.69) is 30.8 Å². The van der Waals surface area contributed by atoms with Gasteiger partial charge in [-0.1, -0.05) is 12.1 Å². The monoisotopic (exact) mass is 422 g/mol. The van der Waals surface area contributed by atoms with Crippen molar-refractivity contribution in [3.05, 3.63) is 41.6 Å². The summed E-state index contributed by atoms with van der Waals surface area (Å²) in [4.78, 5) is 21.1. The molecule has 3 rings (SSSR count). The number of aromatic nitrogens is 2. The van der Waals surface area contributed by atoms with Gasteiger partial charge in [0.2, 0.25) is 11.9 Å². The van der Waals surface area contributed by atoms with Crippen LogP contribution in [0.25, 0.3) is 0 Å². The summed E-state index contributed by atoms with van der Waals surface area (Å²) < 4.78 is 39.7. The van der Waals surface area contributed by atoms with Gasteiger partial charge in [0, 0.05) is 38.4 Å². The van der Waals surface area contributed by atoms with Gasteiger partial charge >= 0.3 is 6.18 Å². The molecule has 162 valence electrons. The first kappa shape index (κ1) is 21.8. The Morgan fingerprint density at radius 2 is 1.83 bits per heavy atom. The molecular weight excluding hydrogens is 397 g/mol. The predicted molar refractivity (Wildman–Crippen MR) is 108 cm³/mol. The van der Waals surface area contributed by atoms with Gasteiger partial charge in [-0.15, -0.1) is 0 Å². The van der Waals surface area contributed by atoms with Crippen molar-refractivity contribution in [1.29, 1.82) is 0 Å². The van der Waals surface area contributed by atoms with E-state index in [-0.39, 0.29) is 30.8 Å². The number of halogens is 3. The van der Waals surface area contributed by atoms with Gasteiger partial charge in [0.15, 0.2) is 0 Å². The van der Waals surface area contributed by atoms with Gasteiger partial charge in [-0.2, -0.15) is 18.2 Å². The molecule has 30 heavy (non-hydrogen) atoms. The molecule has 3 N–H and O–H groups in total. The number of likely N-dealkylation sites (tertiary alicyclic amines) is 1. The predicted octanol–water partition coefficient (Wildman–Crippen LogP) is 3.38. The molecule has 10 heteroatoms. The molecule has 0 bridgehead atoms. The summed E-state index contributed by atoms with van der Waals surface area (Å²) in [5, 5.41) is 8.07. The molecule has 1 amide bonds. The standard InChI is InChI=1S/C20H25F3N6O/c1-14(30)24-8-9-25-18-17(20(21,22)23)12-26-19(28-18)27-16-6-4-15(5-7-16)13-29-10-2-3-11-29/h4-7,12H,2-3,8-11,13H2,1H3,(H,24,30)(H2,25,26,27,28). The van der Waals surface area contributed by atoms with Gasteiger partial charge in [0.25, 0.3) is 0 Å². The maximum absolute atomic E-state index is 13.2. The van der Waals surface area contributed by atoms with E-state index >= 15 is 0 Å². The summed E-state index contributed by atoms with van der Waals surface area (Å²) in [6, 6.07) is 7.68. The van der Waals surface area contributed by atoms with Crippen molar-refractivity contribution < 1.29 is 18.0 Å². The van der Waals surface area contributed by atoms with E-state index in [0.717, 1.165) is 25.8 Å². The Hall–Kier alpha value is -2.88. The van der Waals surface area contributed by atoms with Gasteiger partial charge in [0.05, 0.1) is 0 Å². The molecule has 7 nitrogen and oxygen atoms in total. The molecule has 1 aromatic carbocycles. The van der Waals surface area contributed by atoms with Crippen LogP contribution in [0.2, 0.25) is 0 Å². The zero-order valence-corrected chi connectivity index (χ0v) is 16.7. The number of nitrogens with one attached hydrogen (secondary N) is 3. The Labute approximate surface area is 173 Å². The van der Waals surface area contributed by atoms with E-state index in [4.69, 9.17) is 0 Å². The molecule has 1 aliphatic rings. The van der Waals surface area contributed by atoms with Crippen molar-refractivity contribution in [3.8, 4) is 0 Å². The number of rotatable bonds is 8. The van der Waals surface area contributed by atoms with Crippen molar-refractivity contribution in [3.63, 3.8) is 0 Å². The van der Waals surface area contributed by atoms with Crippen molar-refractivity contribution >= 4 is 23.4 Å². The SMILES string of the molecule is CC(=O)NCCNc1nc(Nc2ccc(CN3CCCC3)cc2)ncc1C(F)(F)F. The number of carbonyl (C=O) groups excluding carboxylic acids is 1.